The molecule has 0 saturated heterocycles. The topological polar surface area (TPSA) is 67.9 Å². The molecule has 1 fully saturated rings. The van der Waals surface area contributed by atoms with Crippen molar-refractivity contribution in [3.05, 3.63) is 53.1 Å². The second-order valence-electron chi connectivity index (χ2n) is 9.50. The minimum atomic E-state index is -0.761. The Morgan fingerprint density at radius 3 is 2.33 bits per heavy atom. The van der Waals surface area contributed by atoms with Crippen molar-refractivity contribution in [2.45, 2.75) is 50.9 Å². The molecule has 1 saturated carbocycles. The number of carbonyl (C=O) groups excluding carboxylic acids is 2. The van der Waals surface area contributed by atoms with Crippen molar-refractivity contribution < 1.29 is 19.1 Å². The average Bonchev–Trinajstić information content (AvgIpc) is 2.93. The number of nitrogens with one attached hydrogen (secondary N) is 1. The predicted octanol–water partition coefficient (Wildman–Crippen LogP) is 4.68. The fourth-order valence-electron chi connectivity index (χ4n) is 5.59. The summed E-state index contributed by atoms with van der Waals surface area (Å²) in [7, 11) is 5.31. The molecule has 2 aliphatic rings. The van der Waals surface area contributed by atoms with E-state index in [1.165, 1.54) is 12.8 Å². The monoisotopic (exact) mass is 450 g/mol. The molecular weight excluding hydrogens is 416 g/mol. The zero-order chi connectivity index (χ0) is 23.6. The third-order valence-corrected chi connectivity index (χ3v) is 7.11. The Morgan fingerprint density at radius 2 is 1.73 bits per heavy atom. The maximum Gasteiger partial charge on any atom is 0.325 e. The van der Waals surface area contributed by atoms with Gasteiger partial charge in [-0.3, -0.25) is 14.5 Å². The van der Waals surface area contributed by atoms with E-state index in [0.29, 0.717) is 5.75 Å². The number of amides is 1. The first-order valence-corrected chi connectivity index (χ1v) is 11.8. The molecule has 176 valence electrons. The van der Waals surface area contributed by atoms with Gasteiger partial charge in [-0.15, -0.1) is 0 Å². The lowest BCUT2D eigenvalue weighted by Gasteiger charge is -2.36. The van der Waals surface area contributed by atoms with E-state index < -0.39 is 5.41 Å². The number of likely N-dealkylation sites (N-methyl/N-ethyl adjacent to an activating group) is 1. The lowest BCUT2D eigenvalue weighted by Crippen LogP contribution is -2.43. The summed E-state index contributed by atoms with van der Waals surface area (Å²) in [4.78, 5) is 27.7. The average molecular weight is 451 g/mol. The Morgan fingerprint density at radius 1 is 1.06 bits per heavy atom. The number of benzene rings is 2. The summed E-state index contributed by atoms with van der Waals surface area (Å²) >= 11 is 0. The van der Waals surface area contributed by atoms with Crippen LogP contribution in [0.3, 0.4) is 0 Å². The lowest BCUT2D eigenvalue weighted by molar-refractivity contribution is -0.135. The Bertz CT molecular complexity index is 1020. The summed E-state index contributed by atoms with van der Waals surface area (Å²) in [5.74, 6) is 1.19. The van der Waals surface area contributed by atoms with Crippen LogP contribution in [0.25, 0.3) is 0 Å². The fraction of sp³-hybridized carbons (Fsp3) is 0.481. The van der Waals surface area contributed by atoms with E-state index in [9.17, 15) is 9.59 Å². The van der Waals surface area contributed by atoms with E-state index in [2.05, 4.69) is 11.4 Å². The minimum Gasteiger partial charge on any atom is -0.496 e. The van der Waals surface area contributed by atoms with Gasteiger partial charge in [0.25, 0.3) is 0 Å². The number of fused-ring (bicyclic) bond motifs is 1. The van der Waals surface area contributed by atoms with Gasteiger partial charge in [0, 0.05) is 5.56 Å². The summed E-state index contributed by atoms with van der Waals surface area (Å²) in [6.45, 7) is 2.21. The maximum atomic E-state index is 13.9. The van der Waals surface area contributed by atoms with Crippen molar-refractivity contribution in [3.8, 4) is 11.5 Å². The van der Waals surface area contributed by atoms with Crippen LogP contribution in [-0.2, 0) is 15.0 Å². The number of hydrogen-bond donors (Lipinski definition) is 1. The van der Waals surface area contributed by atoms with E-state index in [1.807, 2.05) is 51.4 Å². The summed E-state index contributed by atoms with van der Waals surface area (Å²) < 4.78 is 11.0. The van der Waals surface area contributed by atoms with Crippen molar-refractivity contribution in [2.24, 2.45) is 5.92 Å². The summed E-state index contributed by atoms with van der Waals surface area (Å²) in [5.41, 5.74) is 3.03. The molecule has 1 unspecified atom stereocenters. The van der Waals surface area contributed by atoms with E-state index in [0.717, 1.165) is 53.8 Å². The molecule has 0 radical (unpaired) electrons. The molecule has 2 aromatic carbocycles. The van der Waals surface area contributed by atoms with Gasteiger partial charge < -0.3 is 14.8 Å². The second kappa shape index (κ2) is 9.56. The Kier molecular flexibility index (Phi) is 6.75. The predicted molar refractivity (Wildman–Crippen MR) is 129 cm³/mol. The van der Waals surface area contributed by atoms with Gasteiger partial charge in [-0.2, -0.15) is 0 Å². The molecular formula is C27H34N2O4. The van der Waals surface area contributed by atoms with Crippen molar-refractivity contribution in [2.75, 3.05) is 33.1 Å². The molecule has 0 bridgehead atoms. The van der Waals surface area contributed by atoms with E-state index in [1.54, 1.807) is 12.0 Å². The van der Waals surface area contributed by atoms with Gasteiger partial charge in [0.15, 0.2) is 0 Å². The molecule has 6 heteroatoms. The summed E-state index contributed by atoms with van der Waals surface area (Å²) in [5, 5.41) is 3.21. The van der Waals surface area contributed by atoms with Gasteiger partial charge in [-0.05, 0) is 69.1 Å². The van der Waals surface area contributed by atoms with Crippen molar-refractivity contribution in [1.82, 2.24) is 4.90 Å². The molecule has 1 atom stereocenters. The molecule has 2 aromatic rings. The Labute approximate surface area is 196 Å². The molecule has 1 N–H and O–H groups in total. The number of rotatable bonds is 6. The van der Waals surface area contributed by atoms with E-state index >= 15 is 0 Å². The van der Waals surface area contributed by atoms with E-state index in [4.69, 9.17) is 9.47 Å². The second-order valence-corrected chi connectivity index (χ2v) is 9.50. The number of esters is 1. The Hall–Kier alpha value is -2.86. The van der Waals surface area contributed by atoms with Crippen molar-refractivity contribution >= 4 is 17.6 Å². The van der Waals surface area contributed by atoms with Gasteiger partial charge in [0.05, 0.1) is 19.3 Å². The van der Waals surface area contributed by atoms with Crippen LogP contribution in [-0.4, -0.2) is 44.5 Å². The quantitative estimate of drug-likeness (QED) is 0.393. The van der Waals surface area contributed by atoms with Gasteiger partial charge in [-0.25, -0.2) is 0 Å². The van der Waals surface area contributed by atoms with Gasteiger partial charge >= 0.3 is 5.97 Å². The Balaban J connectivity index is 1.79. The molecule has 33 heavy (non-hydrogen) atoms. The van der Waals surface area contributed by atoms with Crippen LogP contribution in [0.4, 0.5) is 5.69 Å². The molecule has 1 aliphatic heterocycles. The highest BCUT2D eigenvalue weighted by Crippen LogP contribution is 2.53. The number of ether oxygens (including phenoxy) is 2. The molecule has 1 aliphatic carbocycles. The van der Waals surface area contributed by atoms with Crippen LogP contribution in [0.5, 0.6) is 11.5 Å². The number of methoxy groups -OCH3 is 1. The minimum absolute atomic E-state index is 0.0260. The molecule has 4 rings (SSSR count). The van der Waals surface area contributed by atoms with Crippen LogP contribution in [0.1, 0.15) is 55.2 Å². The van der Waals surface area contributed by atoms with Crippen LogP contribution >= 0.6 is 0 Å². The normalized spacial score (nSPS) is 20.8. The third-order valence-electron chi connectivity index (χ3n) is 7.11. The van der Waals surface area contributed by atoms with Crippen LogP contribution in [0, 0.1) is 12.8 Å². The highest BCUT2D eigenvalue weighted by Gasteiger charge is 2.53. The summed E-state index contributed by atoms with van der Waals surface area (Å²) in [6, 6.07) is 11.5. The third kappa shape index (κ3) is 4.24. The van der Waals surface area contributed by atoms with E-state index in [-0.39, 0.29) is 24.3 Å². The zero-order valence-electron chi connectivity index (χ0n) is 20.1. The fourth-order valence-corrected chi connectivity index (χ4v) is 5.59. The highest BCUT2D eigenvalue weighted by atomic mass is 16.5. The van der Waals surface area contributed by atoms with Gasteiger partial charge in [0.1, 0.15) is 16.9 Å². The first kappa shape index (κ1) is 23.3. The summed E-state index contributed by atoms with van der Waals surface area (Å²) in [6.07, 6.45) is 6.71. The van der Waals surface area contributed by atoms with Crippen LogP contribution < -0.4 is 14.8 Å². The number of hydrogen-bond acceptors (Lipinski definition) is 5. The van der Waals surface area contributed by atoms with Gasteiger partial charge in [-0.1, -0.05) is 43.9 Å². The molecule has 0 spiro atoms. The molecule has 1 heterocycles. The highest BCUT2D eigenvalue weighted by molar-refractivity contribution is 6.10. The zero-order valence-corrected chi connectivity index (χ0v) is 20.1. The SMILES string of the molecule is COc1ccc2c(c1C)NC(=O)C2(c1ccc(OC(=O)CN(C)C)cc1)C1CCCCCC1. The maximum absolute atomic E-state index is 13.9. The number of nitrogens with zero attached hydrogens (tertiary/aromatic N) is 1. The first-order valence-electron chi connectivity index (χ1n) is 11.8. The molecule has 1 amide bonds. The van der Waals surface area contributed by atoms with Crippen molar-refractivity contribution in [3.63, 3.8) is 0 Å². The lowest BCUT2D eigenvalue weighted by atomic mass is 9.64. The van der Waals surface area contributed by atoms with Crippen LogP contribution in [0.2, 0.25) is 0 Å². The molecule has 0 aromatic heterocycles. The largest absolute Gasteiger partial charge is 0.496 e. The van der Waals surface area contributed by atoms with Gasteiger partial charge in [0.2, 0.25) is 5.91 Å². The molecule has 6 nitrogen and oxygen atoms in total. The standard InChI is InChI=1S/C27H34N2O4/c1-18-23(32-4)16-15-22-25(18)28-26(31)27(22,19-9-7-5-6-8-10-19)20-11-13-21(14-12-20)33-24(30)17-29(2)3/h11-16,19H,5-10,17H2,1-4H3,(H,28,31). The van der Waals surface area contributed by atoms with Crippen LogP contribution in [0.15, 0.2) is 36.4 Å². The smallest absolute Gasteiger partial charge is 0.325 e. The number of carbonyl (C=O) groups is 2. The first-order chi connectivity index (χ1) is 15.9. The van der Waals surface area contributed by atoms with Crippen molar-refractivity contribution in [1.29, 1.82) is 0 Å². The number of anilines is 1.